The van der Waals surface area contributed by atoms with E-state index in [0.29, 0.717) is 18.9 Å². The van der Waals surface area contributed by atoms with Crippen LogP contribution in [0.3, 0.4) is 0 Å². The van der Waals surface area contributed by atoms with Crippen LogP contribution in [0, 0.1) is 0 Å². The van der Waals surface area contributed by atoms with E-state index in [0.717, 1.165) is 24.3 Å². The lowest BCUT2D eigenvalue weighted by Gasteiger charge is -2.03. The van der Waals surface area contributed by atoms with E-state index in [2.05, 4.69) is 10.3 Å². The summed E-state index contributed by atoms with van der Waals surface area (Å²) >= 11 is 0. The largest absolute Gasteiger partial charge is 0.508 e. The third-order valence-electron chi connectivity index (χ3n) is 2.75. The Bertz CT molecular complexity index is 511. The molecule has 2 N–H and O–H groups in total. The van der Waals surface area contributed by atoms with Crippen LogP contribution in [0.1, 0.15) is 11.3 Å². The summed E-state index contributed by atoms with van der Waals surface area (Å²) in [6.07, 6.45) is 3.81. The maximum absolute atomic E-state index is 9.42. The molecule has 0 amide bonds. The Morgan fingerprint density at radius 1 is 1.42 bits per heavy atom. The van der Waals surface area contributed by atoms with Gasteiger partial charge in [-0.05, 0) is 17.7 Å². The van der Waals surface area contributed by atoms with Crippen LogP contribution in [-0.2, 0) is 17.8 Å². The average Bonchev–Trinajstić information content (AvgIpc) is 2.82. The molecule has 19 heavy (non-hydrogen) atoms. The van der Waals surface area contributed by atoms with Gasteiger partial charge in [-0.1, -0.05) is 12.1 Å². The van der Waals surface area contributed by atoms with E-state index in [1.54, 1.807) is 25.6 Å². The van der Waals surface area contributed by atoms with Gasteiger partial charge in [-0.3, -0.25) is 0 Å². The zero-order chi connectivity index (χ0) is 13.5. The number of aromatic hydroxyl groups is 1. The standard InChI is InChI=1S/C14H19N3O2/c1-19-6-5-15-8-13-10-17(11-16-13)9-12-3-2-4-14(18)7-12/h2-4,7,10-11,15,18H,5-6,8-9H2,1H3. The van der Waals surface area contributed by atoms with Crippen LogP contribution in [0.5, 0.6) is 5.75 Å². The fourth-order valence-corrected chi connectivity index (χ4v) is 1.84. The van der Waals surface area contributed by atoms with Gasteiger partial charge < -0.3 is 19.7 Å². The highest BCUT2D eigenvalue weighted by Crippen LogP contribution is 2.12. The molecular weight excluding hydrogens is 242 g/mol. The minimum Gasteiger partial charge on any atom is -0.508 e. The molecule has 0 aliphatic rings. The summed E-state index contributed by atoms with van der Waals surface area (Å²) in [4.78, 5) is 4.33. The summed E-state index contributed by atoms with van der Waals surface area (Å²) in [5.41, 5.74) is 2.05. The molecule has 2 rings (SSSR count). The molecule has 0 saturated carbocycles. The molecule has 5 nitrogen and oxygen atoms in total. The second-order valence-corrected chi connectivity index (χ2v) is 4.38. The van der Waals surface area contributed by atoms with E-state index < -0.39 is 0 Å². The Morgan fingerprint density at radius 2 is 2.32 bits per heavy atom. The van der Waals surface area contributed by atoms with Crippen molar-refractivity contribution in [3.63, 3.8) is 0 Å². The molecule has 0 radical (unpaired) electrons. The summed E-state index contributed by atoms with van der Waals surface area (Å²) in [6, 6.07) is 7.25. The lowest BCUT2D eigenvalue weighted by Crippen LogP contribution is -2.18. The van der Waals surface area contributed by atoms with Crippen molar-refractivity contribution in [2.75, 3.05) is 20.3 Å². The van der Waals surface area contributed by atoms with Crippen molar-refractivity contribution in [3.8, 4) is 5.75 Å². The fourth-order valence-electron chi connectivity index (χ4n) is 1.84. The lowest BCUT2D eigenvalue weighted by molar-refractivity contribution is 0.199. The van der Waals surface area contributed by atoms with Crippen molar-refractivity contribution in [3.05, 3.63) is 48.0 Å². The molecule has 2 aromatic rings. The molecule has 0 saturated heterocycles. The van der Waals surface area contributed by atoms with E-state index in [-0.39, 0.29) is 0 Å². The SMILES string of the molecule is COCCNCc1cn(Cc2cccc(O)c2)cn1. The molecular formula is C14H19N3O2. The van der Waals surface area contributed by atoms with Crippen LogP contribution in [0.25, 0.3) is 0 Å². The summed E-state index contributed by atoms with van der Waals surface area (Å²) < 4.78 is 6.97. The smallest absolute Gasteiger partial charge is 0.115 e. The van der Waals surface area contributed by atoms with Crippen LogP contribution >= 0.6 is 0 Å². The van der Waals surface area contributed by atoms with E-state index >= 15 is 0 Å². The van der Waals surface area contributed by atoms with Gasteiger partial charge in [-0.15, -0.1) is 0 Å². The van der Waals surface area contributed by atoms with Crippen LogP contribution in [0.2, 0.25) is 0 Å². The van der Waals surface area contributed by atoms with Gasteiger partial charge in [0.05, 0.1) is 18.6 Å². The zero-order valence-corrected chi connectivity index (χ0v) is 11.0. The van der Waals surface area contributed by atoms with E-state index in [4.69, 9.17) is 4.74 Å². The summed E-state index contributed by atoms with van der Waals surface area (Å²) in [7, 11) is 1.69. The van der Waals surface area contributed by atoms with Gasteiger partial charge in [-0.25, -0.2) is 4.98 Å². The third-order valence-corrected chi connectivity index (χ3v) is 2.75. The second-order valence-electron chi connectivity index (χ2n) is 4.38. The second kappa shape index (κ2) is 6.92. The van der Waals surface area contributed by atoms with Crippen molar-refractivity contribution in [1.29, 1.82) is 0 Å². The molecule has 0 spiro atoms. The number of benzene rings is 1. The number of hydrogen-bond donors (Lipinski definition) is 2. The molecule has 0 fully saturated rings. The minimum absolute atomic E-state index is 0.291. The van der Waals surface area contributed by atoms with Gasteiger partial charge in [0.15, 0.2) is 0 Å². The lowest BCUT2D eigenvalue weighted by atomic mass is 10.2. The first-order valence-corrected chi connectivity index (χ1v) is 6.26. The summed E-state index contributed by atoms with van der Waals surface area (Å²) in [6.45, 7) is 2.95. The molecule has 0 atom stereocenters. The molecule has 5 heteroatoms. The van der Waals surface area contributed by atoms with Gasteiger partial charge in [0.25, 0.3) is 0 Å². The van der Waals surface area contributed by atoms with Gasteiger partial charge >= 0.3 is 0 Å². The average molecular weight is 261 g/mol. The quantitative estimate of drug-likeness (QED) is 0.739. The summed E-state index contributed by atoms with van der Waals surface area (Å²) in [5.74, 6) is 0.291. The number of rotatable bonds is 7. The zero-order valence-electron chi connectivity index (χ0n) is 11.0. The Labute approximate surface area is 112 Å². The molecule has 102 valence electrons. The first-order chi connectivity index (χ1) is 9.28. The Hall–Kier alpha value is -1.85. The number of methoxy groups -OCH3 is 1. The first kappa shape index (κ1) is 13.6. The topological polar surface area (TPSA) is 59.3 Å². The monoisotopic (exact) mass is 261 g/mol. The maximum Gasteiger partial charge on any atom is 0.115 e. The highest BCUT2D eigenvalue weighted by atomic mass is 16.5. The number of nitrogens with zero attached hydrogens (tertiary/aromatic N) is 2. The minimum atomic E-state index is 0.291. The number of imidazole rings is 1. The molecule has 0 aliphatic carbocycles. The molecule has 0 unspecified atom stereocenters. The molecule has 1 heterocycles. The Morgan fingerprint density at radius 3 is 3.11 bits per heavy atom. The van der Waals surface area contributed by atoms with Crippen LogP contribution in [0.4, 0.5) is 0 Å². The van der Waals surface area contributed by atoms with Crippen LogP contribution < -0.4 is 5.32 Å². The van der Waals surface area contributed by atoms with E-state index in [1.165, 1.54) is 0 Å². The van der Waals surface area contributed by atoms with Crippen molar-refractivity contribution >= 4 is 0 Å². The van der Waals surface area contributed by atoms with Gasteiger partial charge in [-0.2, -0.15) is 0 Å². The maximum atomic E-state index is 9.42. The number of hydrogen-bond acceptors (Lipinski definition) is 4. The van der Waals surface area contributed by atoms with Crippen LogP contribution in [0.15, 0.2) is 36.8 Å². The highest BCUT2D eigenvalue weighted by Gasteiger charge is 2.00. The molecule has 0 bridgehead atoms. The van der Waals surface area contributed by atoms with Crippen molar-refractivity contribution in [2.45, 2.75) is 13.1 Å². The number of ether oxygens (including phenoxy) is 1. The third kappa shape index (κ3) is 4.39. The highest BCUT2D eigenvalue weighted by molar-refractivity contribution is 5.27. The normalized spacial score (nSPS) is 10.8. The number of aromatic nitrogens is 2. The van der Waals surface area contributed by atoms with Gasteiger partial charge in [0.2, 0.25) is 0 Å². The Balaban J connectivity index is 1.87. The Kier molecular flexibility index (Phi) is 4.94. The van der Waals surface area contributed by atoms with Crippen molar-refractivity contribution in [2.24, 2.45) is 0 Å². The number of phenols is 1. The fraction of sp³-hybridized carbons (Fsp3) is 0.357. The van der Waals surface area contributed by atoms with E-state index in [9.17, 15) is 5.11 Å². The number of nitrogens with one attached hydrogen (secondary N) is 1. The number of phenolic OH excluding ortho intramolecular Hbond substituents is 1. The summed E-state index contributed by atoms with van der Waals surface area (Å²) in [5, 5.41) is 12.7. The van der Waals surface area contributed by atoms with E-state index in [1.807, 2.05) is 22.9 Å². The molecule has 1 aromatic carbocycles. The van der Waals surface area contributed by atoms with Crippen LogP contribution in [-0.4, -0.2) is 34.9 Å². The van der Waals surface area contributed by atoms with Crippen molar-refractivity contribution in [1.82, 2.24) is 14.9 Å². The predicted octanol–water partition coefficient (Wildman–Crippen LogP) is 1.37. The van der Waals surface area contributed by atoms with Gasteiger partial charge in [0.1, 0.15) is 5.75 Å². The molecule has 0 aliphatic heterocycles. The van der Waals surface area contributed by atoms with Gasteiger partial charge in [0, 0.05) is 32.9 Å². The predicted molar refractivity (Wildman–Crippen MR) is 73.0 cm³/mol. The molecule has 1 aromatic heterocycles. The van der Waals surface area contributed by atoms with Crippen molar-refractivity contribution < 1.29 is 9.84 Å². The first-order valence-electron chi connectivity index (χ1n) is 6.26.